The highest BCUT2D eigenvalue weighted by molar-refractivity contribution is 6.30. The number of aryl methyl sites for hydroxylation is 1. The van der Waals surface area contributed by atoms with Crippen LogP contribution in [0.3, 0.4) is 0 Å². The number of nitrogens with zero attached hydrogens (tertiary/aromatic N) is 2. The molecule has 0 unspecified atom stereocenters. The van der Waals surface area contributed by atoms with Gasteiger partial charge in [-0.05, 0) is 61.7 Å². The fraction of sp³-hybridized carbons (Fsp3) is 0.320. The molecule has 2 aromatic carbocycles. The lowest BCUT2D eigenvalue weighted by Crippen LogP contribution is -2.41. The number of benzene rings is 2. The summed E-state index contributed by atoms with van der Waals surface area (Å²) in [5.74, 6) is 0.387. The van der Waals surface area contributed by atoms with E-state index in [-0.39, 0.29) is 11.9 Å². The van der Waals surface area contributed by atoms with Gasteiger partial charge >= 0.3 is 0 Å². The number of rotatable bonds is 7. The van der Waals surface area contributed by atoms with E-state index in [1.165, 1.54) is 11.1 Å². The highest BCUT2D eigenvalue weighted by atomic mass is 35.5. The fourth-order valence-corrected chi connectivity index (χ4v) is 3.57. The molecule has 152 valence electrons. The lowest BCUT2D eigenvalue weighted by molar-refractivity contribution is 0.0623. The molecule has 0 bridgehead atoms. The van der Waals surface area contributed by atoms with Crippen LogP contribution in [-0.4, -0.2) is 21.4 Å². The van der Waals surface area contributed by atoms with Crippen molar-refractivity contribution in [3.8, 4) is 0 Å². The van der Waals surface area contributed by atoms with Crippen LogP contribution in [0.1, 0.15) is 48.0 Å². The van der Waals surface area contributed by atoms with E-state index in [1.54, 1.807) is 24.3 Å². The molecule has 29 heavy (non-hydrogen) atoms. The van der Waals surface area contributed by atoms with E-state index in [4.69, 9.17) is 11.6 Å². The molecule has 1 atom stereocenters. The highest BCUT2D eigenvalue weighted by Crippen LogP contribution is 2.20. The Bertz CT molecular complexity index is 959. The maximum atomic E-state index is 13.3. The molecule has 1 amide bonds. The number of carbonyl (C=O) groups excluding carboxylic acids is 1. The van der Waals surface area contributed by atoms with Gasteiger partial charge in [-0.3, -0.25) is 4.79 Å². The van der Waals surface area contributed by atoms with Crippen molar-refractivity contribution < 1.29 is 4.79 Å². The van der Waals surface area contributed by atoms with Crippen LogP contribution in [-0.2, 0) is 13.1 Å². The van der Waals surface area contributed by atoms with E-state index in [0.717, 1.165) is 12.2 Å². The van der Waals surface area contributed by atoms with Gasteiger partial charge in [0, 0.05) is 35.1 Å². The van der Waals surface area contributed by atoms with Crippen molar-refractivity contribution in [3.63, 3.8) is 0 Å². The van der Waals surface area contributed by atoms with Crippen molar-refractivity contribution in [1.82, 2.24) is 9.47 Å². The molecule has 3 nitrogen and oxygen atoms in total. The standard InChI is InChI=1S/C25H29ClN2O/c1-18(2)20(4)28(25(29)22-10-12-23(26)13-11-22)17-24-9-6-14-27(24)16-21-8-5-7-19(3)15-21/h5-15,18,20H,16-17H2,1-4H3/t20-/m1/s1. The minimum absolute atomic E-state index is 0.0335. The monoisotopic (exact) mass is 408 g/mol. The number of halogens is 1. The Morgan fingerprint density at radius 1 is 1.03 bits per heavy atom. The predicted molar refractivity (Wildman–Crippen MR) is 120 cm³/mol. The largest absolute Gasteiger partial charge is 0.345 e. The zero-order valence-corrected chi connectivity index (χ0v) is 18.4. The third-order valence-corrected chi connectivity index (χ3v) is 5.75. The van der Waals surface area contributed by atoms with Crippen LogP contribution in [0.25, 0.3) is 0 Å². The second-order valence-corrected chi connectivity index (χ2v) is 8.48. The molecule has 3 aromatic rings. The molecular weight excluding hydrogens is 380 g/mol. The van der Waals surface area contributed by atoms with Gasteiger partial charge in [-0.15, -0.1) is 0 Å². The van der Waals surface area contributed by atoms with E-state index in [9.17, 15) is 4.79 Å². The zero-order chi connectivity index (χ0) is 21.0. The second kappa shape index (κ2) is 9.32. The van der Waals surface area contributed by atoms with Crippen molar-refractivity contribution in [2.75, 3.05) is 0 Å². The first-order valence-corrected chi connectivity index (χ1v) is 10.5. The summed E-state index contributed by atoms with van der Waals surface area (Å²) >= 11 is 6.00. The number of amides is 1. The maximum absolute atomic E-state index is 13.3. The molecule has 0 saturated carbocycles. The molecule has 3 rings (SSSR count). The molecule has 0 radical (unpaired) electrons. The lowest BCUT2D eigenvalue weighted by atomic mass is 10.0. The van der Waals surface area contributed by atoms with E-state index < -0.39 is 0 Å². The summed E-state index contributed by atoms with van der Waals surface area (Å²) in [5, 5.41) is 0.636. The smallest absolute Gasteiger partial charge is 0.254 e. The molecule has 0 spiro atoms. The minimum atomic E-state index is 0.0335. The van der Waals surface area contributed by atoms with Gasteiger partial charge in [0.2, 0.25) is 0 Å². The van der Waals surface area contributed by atoms with Gasteiger partial charge < -0.3 is 9.47 Å². The Kier molecular flexibility index (Phi) is 6.81. The van der Waals surface area contributed by atoms with E-state index in [2.05, 4.69) is 74.9 Å². The van der Waals surface area contributed by atoms with Crippen LogP contribution in [0.4, 0.5) is 0 Å². The number of hydrogen-bond acceptors (Lipinski definition) is 1. The maximum Gasteiger partial charge on any atom is 0.254 e. The van der Waals surface area contributed by atoms with Crippen LogP contribution >= 0.6 is 11.6 Å². The third-order valence-electron chi connectivity index (χ3n) is 5.50. The number of carbonyl (C=O) groups is 1. The van der Waals surface area contributed by atoms with E-state index in [0.29, 0.717) is 23.0 Å². The highest BCUT2D eigenvalue weighted by Gasteiger charge is 2.25. The molecule has 0 aliphatic heterocycles. The average molecular weight is 409 g/mol. The zero-order valence-electron chi connectivity index (χ0n) is 17.6. The van der Waals surface area contributed by atoms with Gasteiger partial charge in [-0.2, -0.15) is 0 Å². The molecule has 0 saturated heterocycles. The Labute approximate surface area is 178 Å². The first kappa shape index (κ1) is 21.2. The van der Waals surface area contributed by atoms with Crippen molar-refractivity contribution in [3.05, 3.63) is 94.3 Å². The number of hydrogen-bond donors (Lipinski definition) is 0. The van der Waals surface area contributed by atoms with Crippen LogP contribution in [0.5, 0.6) is 0 Å². The van der Waals surface area contributed by atoms with Crippen LogP contribution in [0.2, 0.25) is 5.02 Å². The van der Waals surface area contributed by atoms with Crippen LogP contribution < -0.4 is 0 Å². The Hall–Kier alpha value is -2.52. The predicted octanol–water partition coefficient (Wildman–Crippen LogP) is 6.19. The Balaban J connectivity index is 1.86. The van der Waals surface area contributed by atoms with E-state index >= 15 is 0 Å². The summed E-state index contributed by atoms with van der Waals surface area (Å²) in [6.07, 6.45) is 2.09. The molecule has 1 aromatic heterocycles. The summed E-state index contributed by atoms with van der Waals surface area (Å²) < 4.78 is 2.23. The quantitative estimate of drug-likeness (QED) is 0.457. The lowest BCUT2D eigenvalue weighted by Gasteiger charge is -2.32. The van der Waals surface area contributed by atoms with Gasteiger partial charge in [0.05, 0.1) is 6.54 Å². The van der Waals surface area contributed by atoms with Crippen molar-refractivity contribution in [2.24, 2.45) is 5.92 Å². The summed E-state index contributed by atoms with van der Waals surface area (Å²) in [6, 6.07) is 20.0. The normalized spacial score (nSPS) is 12.2. The second-order valence-electron chi connectivity index (χ2n) is 8.04. The summed E-state index contributed by atoms with van der Waals surface area (Å²) in [4.78, 5) is 15.3. The topological polar surface area (TPSA) is 25.2 Å². The average Bonchev–Trinajstić information content (AvgIpc) is 3.12. The van der Waals surface area contributed by atoms with Crippen LogP contribution in [0.15, 0.2) is 66.9 Å². The van der Waals surface area contributed by atoms with Gasteiger partial charge in [0.1, 0.15) is 0 Å². The SMILES string of the molecule is Cc1cccc(Cn2cccc2CN(C(=O)c2ccc(Cl)cc2)[C@H](C)C(C)C)c1. The summed E-state index contributed by atoms with van der Waals surface area (Å²) in [7, 11) is 0. The van der Waals surface area contributed by atoms with Crippen molar-refractivity contribution in [1.29, 1.82) is 0 Å². The first-order chi connectivity index (χ1) is 13.8. The van der Waals surface area contributed by atoms with Gasteiger partial charge in [-0.1, -0.05) is 55.3 Å². The first-order valence-electron chi connectivity index (χ1n) is 10.1. The molecule has 0 fully saturated rings. The third kappa shape index (κ3) is 5.30. The molecule has 0 aliphatic carbocycles. The van der Waals surface area contributed by atoms with Gasteiger partial charge in [0.15, 0.2) is 0 Å². The van der Waals surface area contributed by atoms with Crippen molar-refractivity contribution >= 4 is 17.5 Å². The minimum Gasteiger partial charge on any atom is -0.345 e. The van der Waals surface area contributed by atoms with Crippen molar-refractivity contribution in [2.45, 2.75) is 46.8 Å². The van der Waals surface area contributed by atoms with E-state index in [1.807, 2.05) is 4.90 Å². The fourth-order valence-electron chi connectivity index (χ4n) is 3.45. The summed E-state index contributed by atoms with van der Waals surface area (Å²) in [6.45, 7) is 9.89. The number of aromatic nitrogens is 1. The van der Waals surface area contributed by atoms with Gasteiger partial charge in [-0.25, -0.2) is 0 Å². The van der Waals surface area contributed by atoms with Crippen LogP contribution in [0, 0.1) is 12.8 Å². The molecular formula is C25H29ClN2O. The molecule has 0 aliphatic rings. The summed E-state index contributed by atoms with van der Waals surface area (Å²) in [5.41, 5.74) is 4.30. The van der Waals surface area contributed by atoms with Gasteiger partial charge in [0.25, 0.3) is 5.91 Å². The Morgan fingerprint density at radius 2 is 1.76 bits per heavy atom. The molecule has 4 heteroatoms. The Morgan fingerprint density at radius 3 is 2.41 bits per heavy atom. The molecule has 0 N–H and O–H groups in total. The molecule has 1 heterocycles.